The summed E-state index contributed by atoms with van der Waals surface area (Å²) in [5.41, 5.74) is 2.24. The average Bonchev–Trinajstić information content (AvgIpc) is 2.67. The van der Waals surface area contributed by atoms with Gasteiger partial charge in [-0.2, -0.15) is 0 Å². The van der Waals surface area contributed by atoms with Crippen molar-refractivity contribution >= 4 is 5.91 Å². The molecule has 2 aromatic rings. The van der Waals surface area contributed by atoms with Crippen molar-refractivity contribution in [2.75, 3.05) is 33.2 Å². The SMILES string of the molecule is C[C@@H](C(=O)NC(c1ccccc1)c1ccccc1)[NH+]1CC[NH+](C)CC1. The first-order chi connectivity index (χ1) is 12.1. The van der Waals surface area contributed by atoms with Gasteiger partial charge in [0.05, 0.1) is 13.1 Å². The molecule has 1 fully saturated rings. The van der Waals surface area contributed by atoms with Gasteiger partial charge in [-0.1, -0.05) is 60.7 Å². The van der Waals surface area contributed by atoms with Gasteiger partial charge in [-0.3, -0.25) is 4.79 Å². The number of likely N-dealkylation sites (N-methyl/N-ethyl adjacent to an activating group) is 1. The van der Waals surface area contributed by atoms with Crippen molar-refractivity contribution in [3.05, 3.63) is 71.8 Å². The highest BCUT2D eigenvalue weighted by molar-refractivity contribution is 5.80. The zero-order chi connectivity index (χ0) is 17.6. The first-order valence-corrected chi connectivity index (χ1v) is 9.21. The number of carbonyl (C=O) groups is 1. The van der Waals surface area contributed by atoms with Crippen LogP contribution < -0.4 is 15.1 Å². The Morgan fingerprint density at radius 1 is 0.880 bits per heavy atom. The van der Waals surface area contributed by atoms with Crippen molar-refractivity contribution in [3.63, 3.8) is 0 Å². The fourth-order valence-electron chi connectivity index (χ4n) is 3.53. The van der Waals surface area contributed by atoms with Gasteiger partial charge in [0, 0.05) is 0 Å². The summed E-state index contributed by atoms with van der Waals surface area (Å²) in [4.78, 5) is 15.9. The monoisotopic (exact) mass is 339 g/mol. The molecule has 3 N–H and O–H groups in total. The van der Waals surface area contributed by atoms with Crippen LogP contribution in [0.5, 0.6) is 0 Å². The summed E-state index contributed by atoms with van der Waals surface area (Å²) in [6.07, 6.45) is 0. The predicted molar refractivity (Wildman–Crippen MR) is 99.6 cm³/mol. The van der Waals surface area contributed by atoms with Crippen molar-refractivity contribution in [3.8, 4) is 0 Å². The molecular weight excluding hydrogens is 310 g/mol. The van der Waals surface area contributed by atoms with Crippen molar-refractivity contribution in [1.82, 2.24) is 5.32 Å². The Hall–Kier alpha value is -2.17. The maximum atomic E-state index is 12.9. The third-order valence-electron chi connectivity index (χ3n) is 5.30. The average molecular weight is 339 g/mol. The molecule has 0 bridgehead atoms. The minimum atomic E-state index is -0.102. The number of amides is 1. The van der Waals surface area contributed by atoms with Gasteiger partial charge in [-0.15, -0.1) is 0 Å². The number of rotatable bonds is 5. The van der Waals surface area contributed by atoms with Crippen LogP contribution in [0.25, 0.3) is 0 Å². The summed E-state index contributed by atoms with van der Waals surface area (Å²) in [6, 6.07) is 20.3. The molecule has 1 amide bonds. The number of carbonyl (C=O) groups excluding carboxylic acids is 1. The molecule has 0 aliphatic carbocycles. The number of hydrogen-bond donors (Lipinski definition) is 3. The van der Waals surface area contributed by atoms with Crippen LogP contribution in [-0.2, 0) is 4.79 Å². The van der Waals surface area contributed by atoms with E-state index in [0.717, 1.165) is 37.3 Å². The van der Waals surface area contributed by atoms with Crippen LogP contribution in [0.15, 0.2) is 60.7 Å². The molecule has 0 saturated carbocycles. The number of benzene rings is 2. The lowest BCUT2D eigenvalue weighted by Crippen LogP contribution is -3.29. The second kappa shape index (κ2) is 8.28. The van der Waals surface area contributed by atoms with Gasteiger partial charge in [0.25, 0.3) is 5.91 Å². The summed E-state index contributed by atoms with van der Waals surface area (Å²) in [6.45, 7) is 6.43. The van der Waals surface area contributed by atoms with Crippen LogP contribution >= 0.6 is 0 Å². The van der Waals surface area contributed by atoms with Crippen molar-refractivity contribution in [2.45, 2.75) is 19.0 Å². The molecular formula is C21H29N3O+2. The van der Waals surface area contributed by atoms with E-state index in [-0.39, 0.29) is 18.0 Å². The van der Waals surface area contributed by atoms with E-state index in [1.807, 2.05) is 36.4 Å². The lowest BCUT2D eigenvalue weighted by molar-refractivity contribution is -1.01. The van der Waals surface area contributed by atoms with E-state index in [2.05, 4.69) is 43.6 Å². The van der Waals surface area contributed by atoms with Gasteiger partial charge in [0.2, 0.25) is 0 Å². The number of hydrogen-bond acceptors (Lipinski definition) is 1. The Morgan fingerprint density at radius 3 is 1.84 bits per heavy atom. The van der Waals surface area contributed by atoms with E-state index in [9.17, 15) is 4.79 Å². The maximum Gasteiger partial charge on any atom is 0.278 e. The molecule has 1 aliphatic rings. The van der Waals surface area contributed by atoms with E-state index >= 15 is 0 Å². The molecule has 4 nitrogen and oxygen atoms in total. The van der Waals surface area contributed by atoms with E-state index in [4.69, 9.17) is 0 Å². The molecule has 2 aromatic carbocycles. The van der Waals surface area contributed by atoms with Crippen LogP contribution in [0.1, 0.15) is 24.1 Å². The maximum absolute atomic E-state index is 12.9. The highest BCUT2D eigenvalue weighted by atomic mass is 16.2. The molecule has 1 atom stereocenters. The van der Waals surface area contributed by atoms with Crippen molar-refractivity contribution < 1.29 is 14.6 Å². The minimum absolute atomic E-state index is 0.0250. The van der Waals surface area contributed by atoms with Crippen LogP contribution in [0.4, 0.5) is 0 Å². The highest BCUT2D eigenvalue weighted by Crippen LogP contribution is 2.21. The van der Waals surface area contributed by atoms with Gasteiger partial charge in [-0.05, 0) is 18.1 Å². The molecule has 3 rings (SSSR count). The van der Waals surface area contributed by atoms with E-state index in [0.29, 0.717) is 0 Å². The minimum Gasteiger partial charge on any atom is -0.340 e. The van der Waals surface area contributed by atoms with Crippen LogP contribution in [0, 0.1) is 0 Å². The van der Waals surface area contributed by atoms with Gasteiger partial charge in [0.15, 0.2) is 6.04 Å². The normalized spacial score (nSPS) is 21.7. The van der Waals surface area contributed by atoms with Crippen molar-refractivity contribution in [1.29, 1.82) is 0 Å². The first-order valence-electron chi connectivity index (χ1n) is 9.21. The topological polar surface area (TPSA) is 38.0 Å². The molecule has 0 unspecified atom stereocenters. The second-order valence-corrected chi connectivity index (χ2v) is 7.10. The molecule has 0 spiro atoms. The smallest absolute Gasteiger partial charge is 0.278 e. The molecule has 0 aromatic heterocycles. The van der Waals surface area contributed by atoms with E-state index < -0.39 is 0 Å². The zero-order valence-electron chi connectivity index (χ0n) is 15.2. The van der Waals surface area contributed by atoms with Crippen LogP contribution in [0.3, 0.4) is 0 Å². The third-order valence-corrected chi connectivity index (χ3v) is 5.30. The zero-order valence-corrected chi connectivity index (χ0v) is 15.2. The van der Waals surface area contributed by atoms with E-state index in [1.54, 1.807) is 4.90 Å². The van der Waals surface area contributed by atoms with Gasteiger partial charge in [0.1, 0.15) is 26.2 Å². The third kappa shape index (κ3) is 4.47. The summed E-state index contributed by atoms with van der Waals surface area (Å²) >= 11 is 0. The quantitative estimate of drug-likeness (QED) is 0.687. The summed E-state index contributed by atoms with van der Waals surface area (Å²) < 4.78 is 0. The molecule has 1 heterocycles. The number of nitrogens with one attached hydrogen (secondary N) is 3. The van der Waals surface area contributed by atoms with Gasteiger partial charge >= 0.3 is 0 Å². The molecule has 25 heavy (non-hydrogen) atoms. The largest absolute Gasteiger partial charge is 0.340 e. The lowest BCUT2D eigenvalue weighted by atomic mass is 9.98. The molecule has 0 radical (unpaired) electrons. The summed E-state index contributed by atoms with van der Waals surface area (Å²) in [7, 11) is 2.22. The summed E-state index contributed by atoms with van der Waals surface area (Å²) in [5, 5.41) is 3.29. The van der Waals surface area contributed by atoms with E-state index in [1.165, 1.54) is 4.90 Å². The first kappa shape index (κ1) is 17.6. The van der Waals surface area contributed by atoms with Gasteiger partial charge < -0.3 is 15.1 Å². The molecule has 1 saturated heterocycles. The Morgan fingerprint density at radius 2 is 1.36 bits per heavy atom. The fourth-order valence-corrected chi connectivity index (χ4v) is 3.53. The number of quaternary nitrogens is 2. The standard InChI is InChI=1S/C21H27N3O/c1-17(24-15-13-23(2)14-16-24)21(25)22-20(18-9-5-3-6-10-18)19-11-7-4-8-12-19/h3-12,17,20H,13-16H2,1-2H3,(H,22,25)/p+2/t17-/m0/s1. The fraction of sp³-hybridized carbons (Fsp3) is 0.381. The Bertz CT molecular complexity index is 627. The highest BCUT2D eigenvalue weighted by Gasteiger charge is 2.31. The predicted octanol–water partition coefficient (Wildman–Crippen LogP) is -0.306. The molecule has 4 heteroatoms. The van der Waals surface area contributed by atoms with Crippen LogP contribution in [-0.4, -0.2) is 45.2 Å². The Labute approximate surface area is 150 Å². The second-order valence-electron chi connectivity index (χ2n) is 7.10. The Balaban J connectivity index is 1.75. The van der Waals surface area contributed by atoms with Gasteiger partial charge in [-0.25, -0.2) is 0 Å². The molecule has 132 valence electrons. The summed E-state index contributed by atoms with van der Waals surface area (Å²) in [5.74, 6) is 0.132. The van der Waals surface area contributed by atoms with Crippen LogP contribution in [0.2, 0.25) is 0 Å². The Kier molecular flexibility index (Phi) is 5.84. The van der Waals surface area contributed by atoms with Crippen molar-refractivity contribution in [2.24, 2.45) is 0 Å². The number of piperazine rings is 1. The lowest BCUT2D eigenvalue weighted by Gasteiger charge is -2.31. The molecule has 1 aliphatic heterocycles.